The van der Waals surface area contributed by atoms with Crippen LogP contribution < -0.4 is 10.6 Å². The Morgan fingerprint density at radius 2 is 2.33 bits per heavy atom. The van der Waals surface area contributed by atoms with Crippen molar-refractivity contribution in [3.63, 3.8) is 0 Å². The lowest BCUT2D eigenvalue weighted by molar-refractivity contribution is 0.741. The number of rotatable bonds is 2. The van der Waals surface area contributed by atoms with Gasteiger partial charge in [-0.3, -0.25) is 0 Å². The zero-order chi connectivity index (χ0) is 10.7. The molecule has 1 unspecified atom stereocenters. The Morgan fingerprint density at radius 3 is 3.00 bits per heavy atom. The number of nitrogens with zero attached hydrogens (tertiary/aromatic N) is 2. The summed E-state index contributed by atoms with van der Waals surface area (Å²) in [6, 6.07) is 2.03. The van der Waals surface area contributed by atoms with Gasteiger partial charge in [-0.1, -0.05) is 0 Å². The van der Waals surface area contributed by atoms with E-state index in [0.717, 1.165) is 18.3 Å². The van der Waals surface area contributed by atoms with Crippen molar-refractivity contribution in [1.82, 2.24) is 15.6 Å². The predicted molar refractivity (Wildman–Crippen MR) is 60.8 cm³/mol. The van der Waals surface area contributed by atoms with Gasteiger partial charge in [-0.25, -0.2) is 9.98 Å². The van der Waals surface area contributed by atoms with E-state index in [-0.39, 0.29) is 6.17 Å². The number of aromatic nitrogens is 1. The third-order valence-electron chi connectivity index (χ3n) is 2.12. The maximum atomic E-state index is 4.33. The molecule has 5 nitrogen and oxygen atoms in total. The van der Waals surface area contributed by atoms with E-state index in [0.29, 0.717) is 0 Å². The van der Waals surface area contributed by atoms with E-state index in [1.54, 1.807) is 0 Å². The minimum atomic E-state index is -0.0000234. The van der Waals surface area contributed by atoms with Gasteiger partial charge in [-0.2, -0.15) is 0 Å². The van der Waals surface area contributed by atoms with Crippen LogP contribution in [0.5, 0.6) is 0 Å². The lowest BCUT2D eigenvalue weighted by Gasteiger charge is -2.17. The van der Waals surface area contributed by atoms with E-state index in [9.17, 15) is 0 Å². The molecule has 0 aromatic carbocycles. The highest BCUT2D eigenvalue weighted by molar-refractivity contribution is 5.99. The summed E-state index contributed by atoms with van der Waals surface area (Å²) in [6.45, 7) is 4.65. The van der Waals surface area contributed by atoms with E-state index >= 15 is 0 Å². The number of amidine groups is 1. The molecule has 0 bridgehead atoms. The fourth-order valence-electron chi connectivity index (χ4n) is 1.48. The molecule has 1 aromatic heterocycles. The molecule has 0 spiro atoms. The molecule has 2 rings (SSSR count). The molecule has 80 valence electrons. The number of H-pyrrole nitrogens is 1. The Hall–Kier alpha value is -1.78. The van der Waals surface area contributed by atoms with Crippen LogP contribution in [0, 0.1) is 0 Å². The summed E-state index contributed by atoms with van der Waals surface area (Å²) >= 11 is 0. The fourth-order valence-corrected chi connectivity index (χ4v) is 1.48. The van der Waals surface area contributed by atoms with Gasteiger partial charge >= 0.3 is 0 Å². The van der Waals surface area contributed by atoms with Crippen molar-refractivity contribution in [2.75, 3.05) is 0 Å². The Kier molecular flexibility index (Phi) is 2.71. The first-order valence-corrected chi connectivity index (χ1v) is 4.99. The third-order valence-corrected chi connectivity index (χ3v) is 2.12. The number of guanidine groups is 1. The highest BCUT2D eigenvalue weighted by Gasteiger charge is 2.09. The summed E-state index contributed by atoms with van der Waals surface area (Å²) < 4.78 is 0. The summed E-state index contributed by atoms with van der Waals surface area (Å²) in [4.78, 5) is 11.6. The molecule has 1 aliphatic heterocycles. The van der Waals surface area contributed by atoms with Crippen LogP contribution in [-0.2, 0) is 6.54 Å². The molecule has 0 saturated carbocycles. The second-order valence-electron chi connectivity index (χ2n) is 3.52. The summed E-state index contributed by atoms with van der Waals surface area (Å²) in [5, 5.41) is 6.31. The van der Waals surface area contributed by atoms with Crippen LogP contribution in [0.3, 0.4) is 0 Å². The molecule has 3 N–H and O–H groups in total. The summed E-state index contributed by atoms with van der Waals surface area (Å²) in [5.74, 6) is 1.69. The van der Waals surface area contributed by atoms with Crippen molar-refractivity contribution >= 4 is 11.8 Å². The standard InChI is InChI=1S/C10H15N5/c1-7-13-8(2)15-10(14-7)12-6-9-3-4-11-5-9/h3-5,7,11H,6H2,1-2H3,(H2,12,13,14,15). The van der Waals surface area contributed by atoms with Gasteiger partial charge in [-0.05, 0) is 25.5 Å². The van der Waals surface area contributed by atoms with Crippen LogP contribution >= 0.6 is 0 Å². The summed E-state index contributed by atoms with van der Waals surface area (Å²) in [5.41, 5.74) is 1.20. The predicted octanol–water partition coefficient (Wildman–Crippen LogP) is 0.828. The molecule has 0 fully saturated rings. The van der Waals surface area contributed by atoms with Crippen LogP contribution in [0.1, 0.15) is 19.4 Å². The van der Waals surface area contributed by atoms with Crippen molar-refractivity contribution in [1.29, 1.82) is 0 Å². The molecule has 0 radical (unpaired) electrons. The molecule has 5 heteroatoms. The highest BCUT2D eigenvalue weighted by atomic mass is 15.3. The normalized spacial score (nSPS) is 20.3. The lowest BCUT2D eigenvalue weighted by Crippen LogP contribution is -2.43. The van der Waals surface area contributed by atoms with Crippen LogP contribution in [0.15, 0.2) is 28.4 Å². The van der Waals surface area contributed by atoms with E-state index in [1.165, 1.54) is 5.56 Å². The van der Waals surface area contributed by atoms with E-state index in [2.05, 4.69) is 25.6 Å². The Balaban J connectivity index is 1.90. The maximum absolute atomic E-state index is 4.33. The molecule has 15 heavy (non-hydrogen) atoms. The Morgan fingerprint density at radius 1 is 1.47 bits per heavy atom. The van der Waals surface area contributed by atoms with Gasteiger partial charge in [0.05, 0.1) is 0 Å². The molecular weight excluding hydrogens is 190 g/mol. The van der Waals surface area contributed by atoms with Crippen molar-refractivity contribution < 1.29 is 0 Å². The molecule has 2 heterocycles. The first-order valence-electron chi connectivity index (χ1n) is 4.99. The molecule has 0 aliphatic carbocycles. The van der Waals surface area contributed by atoms with Crippen molar-refractivity contribution in [3.05, 3.63) is 24.0 Å². The molecule has 1 atom stereocenters. The molecule has 0 saturated heterocycles. The van der Waals surface area contributed by atoms with Gasteiger partial charge in [-0.15, -0.1) is 0 Å². The third kappa shape index (κ3) is 2.59. The van der Waals surface area contributed by atoms with Crippen molar-refractivity contribution in [3.8, 4) is 0 Å². The van der Waals surface area contributed by atoms with Crippen LogP contribution in [-0.4, -0.2) is 22.9 Å². The zero-order valence-electron chi connectivity index (χ0n) is 8.91. The minimum Gasteiger partial charge on any atom is -0.367 e. The average Bonchev–Trinajstić information content (AvgIpc) is 2.65. The maximum Gasteiger partial charge on any atom is 0.199 e. The van der Waals surface area contributed by atoms with Crippen LogP contribution in [0.4, 0.5) is 0 Å². The van der Waals surface area contributed by atoms with Crippen LogP contribution in [0.25, 0.3) is 0 Å². The molecule has 0 amide bonds. The Bertz CT molecular complexity index is 377. The Labute approximate surface area is 88.7 Å². The van der Waals surface area contributed by atoms with Gasteiger partial charge in [0.25, 0.3) is 0 Å². The minimum absolute atomic E-state index is 0.0000234. The number of aliphatic imine (C=N–C) groups is 2. The average molecular weight is 205 g/mol. The topological polar surface area (TPSA) is 64.6 Å². The number of nitrogens with one attached hydrogen (secondary N) is 3. The van der Waals surface area contributed by atoms with Gasteiger partial charge in [0, 0.05) is 18.9 Å². The zero-order valence-corrected chi connectivity index (χ0v) is 8.91. The summed E-state index contributed by atoms with van der Waals surface area (Å²) in [7, 11) is 0. The van der Waals surface area contributed by atoms with E-state index < -0.39 is 0 Å². The number of hydrogen-bond acceptors (Lipinski definition) is 4. The summed E-state index contributed by atoms with van der Waals surface area (Å²) in [6.07, 6.45) is 3.86. The fraction of sp³-hybridized carbons (Fsp3) is 0.400. The van der Waals surface area contributed by atoms with Crippen molar-refractivity contribution in [2.45, 2.75) is 26.6 Å². The quantitative estimate of drug-likeness (QED) is 0.669. The van der Waals surface area contributed by atoms with Gasteiger partial charge in [0.2, 0.25) is 0 Å². The highest BCUT2D eigenvalue weighted by Crippen LogP contribution is 1.99. The second-order valence-corrected chi connectivity index (χ2v) is 3.52. The first-order chi connectivity index (χ1) is 7.24. The smallest absolute Gasteiger partial charge is 0.199 e. The second kappa shape index (κ2) is 4.16. The monoisotopic (exact) mass is 205 g/mol. The van der Waals surface area contributed by atoms with Crippen molar-refractivity contribution in [2.24, 2.45) is 9.98 Å². The molecule has 1 aromatic rings. The largest absolute Gasteiger partial charge is 0.367 e. The SMILES string of the molecule is CC1=NC(C)N=C(NCc2cc[nH]c2)N1. The van der Waals surface area contributed by atoms with E-state index in [4.69, 9.17) is 0 Å². The lowest BCUT2D eigenvalue weighted by atomic mass is 10.3. The van der Waals surface area contributed by atoms with E-state index in [1.807, 2.05) is 32.3 Å². The molecule has 1 aliphatic rings. The van der Waals surface area contributed by atoms with Gasteiger partial charge in [0.1, 0.15) is 12.0 Å². The van der Waals surface area contributed by atoms with Gasteiger partial charge in [0.15, 0.2) is 5.96 Å². The van der Waals surface area contributed by atoms with Crippen LogP contribution in [0.2, 0.25) is 0 Å². The number of hydrogen-bond donors (Lipinski definition) is 3. The number of aromatic amines is 1. The van der Waals surface area contributed by atoms with Gasteiger partial charge < -0.3 is 15.6 Å². The molecular formula is C10H15N5. The first kappa shape index (κ1) is 9.76.